The first-order valence-electron chi connectivity index (χ1n) is 6.36. The fourth-order valence-electron chi connectivity index (χ4n) is 2.37. The highest BCUT2D eigenvalue weighted by molar-refractivity contribution is 9.10. The van der Waals surface area contributed by atoms with E-state index in [1.807, 2.05) is 25.1 Å². The third kappa shape index (κ3) is 4.48. The summed E-state index contributed by atoms with van der Waals surface area (Å²) in [6, 6.07) is 6.34. The summed E-state index contributed by atoms with van der Waals surface area (Å²) in [7, 11) is 0. The van der Waals surface area contributed by atoms with Crippen molar-refractivity contribution in [2.75, 3.05) is 11.9 Å². The van der Waals surface area contributed by atoms with Crippen molar-refractivity contribution in [3.8, 4) is 0 Å². The van der Waals surface area contributed by atoms with Gasteiger partial charge in [-0.3, -0.25) is 4.79 Å². The van der Waals surface area contributed by atoms with Crippen LogP contribution in [-0.4, -0.2) is 18.5 Å². The summed E-state index contributed by atoms with van der Waals surface area (Å²) in [6.07, 6.45) is 1.84. The van der Waals surface area contributed by atoms with E-state index in [0.29, 0.717) is 6.04 Å². The Bertz CT molecular complexity index is 453. The number of halogens is 2. The summed E-state index contributed by atoms with van der Waals surface area (Å²) in [5.74, 6) is 0.276. The largest absolute Gasteiger partial charge is 0.326 e. The van der Waals surface area contributed by atoms with Crippen LogP contribution in [0.3, 0.4) is 0 Å². The summed E-state index contributed by atoms with van der Waals surface area (Å²) in [5, 5.41) is 6.40. The van der Waals surface area contributed by atoms with Crippen LogP contribution in [0.25, 0.3) is 0 Å². The molecule has 0 aliphatic carbocycles. The zero-order valence-electron chi connectivity index (χ0n) is 11.2. The Morgan fingerprint density at radius 3 is 2.84 bits per heavy atom. The van der Waals surface area contributed by atoms with Crippen molar-refractivity contribution in [3.05, 3.63) is 28.2 Å². The molecule has 19 heavy (non-hydrogen) atoms. The van der Waals surface area contributed by atoms with Gasteiger partial charge in [-0.05, 0) is 57.0 Å². The molecule has 0 aromatic heterocycles. The molecule has 0 bridgehead atoms. The van der Waals surface area contributed by atoms with Gasteiger partial charge in [0.2, 0.25) is 5.91 Å². The van der Waals surface area contributed by atoms with Gasteiger partial charge < -0.3 is 10.6 Å². The summed E-state index contributed by atoms with van der Waals surface area (Å²) in [4.78, 5) is 12.2. The van der Waals surface area contributed by atoms with E-state index < -0.39 is 0 Å². The standard InChI is InChI=1S/C14H19BrN2O.ClH/c1-9-7-12(15)3-4-13(9)17-14(18)11-5-6-16-10(2)8-11;/h3-4,7,10-11,16H,5-6,8H2,1-2H3,(H,17,18);1H/t10-,11-;/m0./s1. The number of hydrogen-bond donors (Lipinski definition) is 2. The Kier molecular flexibility index (Phi) is 6.30. The number of nitrogens with one attached hydrogen (secondary N) is 2. The molecule has 0 saturated carbocycles. The van der Waals surface area contributed by atoms with Gasteiger partial charge in [-0.2, -0.15) is 0 Å². The van der Waals surface area contributed by atoms with Gasteiger partial charge in [-0.15, -0.1) is 12.4 Å². The van der Waals surface area contributed by atoms with Gasteiger partial charge in [0, 0.05) is 22.1 Å². The molecule has 106 valence electrons. The van der Waals surface area contributed by atoms with Gasteiger partial charge >= 0.3 is 0 Å². The quantitative estimate of drug-likeness (QED) is 0.859. The third-order valence-corrected chi connectivity index (χ3v) is 3.93. The van der Waals surface area contributed by atoms with E-state index >= 15 is 0 Å². The van der Waals surface area contributed by atoms with Crippen LogP contribution in [0, 0.1) is 12.8 Å². The number of benzene rings is 1. The highest BCUT2D eigenvalue weighted by atomic mass is 79.9. The minimum absolute atomic E-state index is 0. The summed E-state index contributed by atoms with van der Waals surface area (Å²) in [6.45, 7) is 5.06. The molecular weight excluding hydrogens is 328 g/mol. The summed E-state index contributed by atoms with van der Waals surface area (Å²) < 4.78 is 1.04. The maximum Gasteiger partial charge on any atom is 0.227 e. The number of rotatable bonds is 2. The smallest absolute Gasteiger partial charge is 0.227 e. The van der Waals surface area contributed by atoms with E-state index in [4.69, 9.17) is 0 Å². The molecule has 1 heterocycles. The predicted molar refractivity (Wildman–Crippen MR) is 84.9 cm³/mol. The number of carbonyl (C=O) groups excluding carboxylic acids is 1. The molecule has 1 aromatic rings. The highest BCUT2D eigenvalue weighted by Crippen LogP contribution is 2.23. The molecule has 1 saturated heterocycles. The van der Waals surface area contributed by atoms with Gasteiger partial charge in [0.15, 0.2) is 0 Å². The van der Waals surface area contributed by atoms with Crippen molar-refractivity contribution in [1.82, 2.24) is 5.32 Å². The molecule has 1 amide bonds. The van der Waals surface area contributed by atoms with Crippen molar-refractivity contribution in [3.63, 3.8) is 0 Å². The van der Waals surface area contributed by atoms with Crippen LogP contribution in [0.15, 0.2) is 22.7 Å². The number of amides is 1. The molecule has 1 aliphatic rings. The lowest BCUT2D eigenvalue weighted by Crippen LogP contribution is -2.40. The lowest BCUT2D eigenvalue weighted by Gasteiger charge is -2.27. The first-order valence-corrected chi connectivity index (χ1v) is 7.16. The van der Waals surface area contributed by atoms with Gasteiger partial charge in [0.25, 0.3) is 0 Å². The second-order valence-electron chi connectivity index (χ2n) is 5.02. The molecule has 3 nitrogen and oxygen atoms in total. The molecule has 0 spiro atoms. The lowest BCUT2D eigenvalue weighted by molar-refractivity contribution is -0.120. The monoisotopic (exact) mass is 346 g/mol. The number of aryl methyl sites for hydroxylation is 1. The van der Waals surface area contributed by atoms with Gasteiger partial charge in [-0.1, -0.05) is 15.9 Å². The number of piperidine rings is 1. The molecule has 2 N–H and O–H groups in total. The fourth-order valence-corrected chi connectivity index (χ4v) is 2.85. The minimum atomic E-state index is 0. The summed E-state index contributed by atoms with van der Waals surface area (Å²) in [5.41, 5.74) is 1.99. The number of anilines is 1. The first-order chi connectivity index (χ1) is 8.56. The molecule has 1 aliphatic heterocycles. The predicted octanol–water partition coefficient (Wildman–Crippen LogP) is 3.51. The van der Waals surface area contributed by atoms with Crippen LogP contribution >= 0.6 is 28.3 Å². The second-order valence-corrected chi connectivity index (χ2v) is 5.94. The van der Waals surface area contributed by atoms with Crippen molar-refractivity contribution in [1.29, 1.82) is 0 Å². The van der Waals surface area contributed by atoms with Crippen molar-refractivity contribution < 1.29 is 4.79 Å². The van der Waals surface area contributed by atoms with Crippen molar-refractivity contribution in [2.24, 2.45) is 5.92 Å². The molecule has 1 aromatic carbocycles. The van der Waals surface area contributed by atoms with E-state index in [1.165, 1.54) is 0 Å². The zero-order valence-corrected chi connectivity index (χ0v) is 13.6. The highest BCUT2D eigenvalue weighted by Gasteiger charge is 2.24. The van der Waals surface area contributed by atoms with E-state index in [1.54, 1.807) is 0 Å². The van der Waals surface area contributed by atoms with Crippen LogP contribution < -0.4 is 10.6 Å². The second kappa shape index (κ2) is 7.27. The van der Waals surface area contributed by atoms with Crippen LogP contribution in [0.1, 0.15) is 25.3 Å². The molecule has 2 atom stereocenters. The Morgan fingerprint density at radius 1 is 1.47 bits per heavy atom. The maximum absolute atomic E-state index is 12.2. The number of hydrogen-bond acceptors (Lipinski definition) is 2. The summed E-state index contributed by atoms with van der Waals surface area (Å²) >= 11 is 3.43. The van der Waals surface area contributed by atoms with Crippen LogP contribution in [-0.2, 0) is 4.79 Å². The van der Waals surface area contributed by atoms with Crippen molar-refractivity contribution >= 4 is 39.9 Å². The molecule has 1 fully saturated rings. The molecule has 2 rings (SSSR count). The normalized spacial score (nSPS) is 22.5. The third-order valence-electron chi connectivity index (χ3n) is 3.44. The SMILES string of the molecule is Cc1cc(Br)ccc1NC(=O)[C@H]1CCN[C@@H](C)C1.Cl. The van der Waals surface area contributed by atoms with Gasteiger partial charge in [-0.25, -0.2) is 0 Å². The van der Waals surface area contributed by atoms with Gasteiger partial charge in [0.05, 0.1) is 0 Å². The Hall–Kier alpha value is -0.580. The Morgan fingerprint density at radius 2 is 2.21 bits per heavy atom. The molecular formula is C14H20BrClN2O. The maximum atomic E-state index is 12.2. The number of carbonyl (C=O) groups is 1. The lowest BCUT2D eigenvalue weighted by atomic mass is 9.92. The molecule has 5 heteroatoms. The van der Waals surface area contributed by atoms with E-state index in [-0.39, 0.29) is 24.2 Å². The topological polar surface area (TPSA) is 41.1 Å². The minimum Gasteiger partial charge on any atom is -0.326 e. The first kappa shape index (κ1) is 16.5. The van der Waals surface area contributed by atoms with E-state index in [9.17, 15) is 4.79 Å². The Labute approximate surface area is 129 Å². The van der Waals surface area contributed by atoms with Crippen LogP contribution in [0.2, 0.25) is 0 Å². The molecule has 0 unspecified atom stereocenters. The van der Waals surface area contributed by atoms with E-state index in [2.05, 4.69) is 33.5 Å². The average Bonchev–Trinajstić information content (AvgIpc) is 2.32. The van der Waals surface area contributed by atoms with Gasteiger partial charge in [0.1, 0.15) is 0 Å². The average molecular weight is 348 g/mol. The van der Waals surface area contributed by atoms with E-state index in [0.717, 1.165) is 35.1 Å². The Balaban J connectivity index is 0.00000180. The van der Waals surface area contributed by atoms with Crippen LogP contribution in [0.5, 0.6) is 0 Å². The molecule has 0 radical (unpaired) electrons. The fraction of sp³-hybridized carbons (Fsp3) is 0.500. The zero-order chi connectivity index (χ0) is 13.1. The van der Waals surface area contributed by atoms with Crippen LogP contribution in [0.4, 0.5) is 5.69 Å². The van der Waals surface area contributed by atoms with Crippen molar-refractivity contribution in [2.45, 2.75) is 32.7 Å².